The van der Waals surface area contributed by atoms with Gasteiger partial charge in [0, 0.05) is 6.20 Å². The molecule has 0 amide bonds. The largest absolute Gasteiger partial charge is 0.464 e. The fraction of sp³-hybridized carbons (Fsp3) is 0.556. The van der Waals surface area contributed by atoms with Crippen molar-refractivity contribution in [3.05, 3.63) is 11.9 Å². The number of nitrogens with zero attached hydrogens (tertiary/aromatic N) is 2. The van der Waals surface area contributed by atoms with E-state index in [4.69, 9.17) is 5.73 Å². The van der Waals surface area contributed by atoms with Crippen molar-refractivity contribution in [3.63, 3.8) is 0 Å². The third-order valence-electron chi connectivity index (χ3n) is 1.72. The molecular formula is C9H15N3O3. The number of carbonyl (C=O) groups excluding carboxylic acids is 1. The van der Waals surface area contributed by atoms with Gasteiger partial charge in [0.1, 0.15) is 0 Å². The Morgan fingerprint density at radius 1 is 1.73 bits per heavy atom. The summed E-state index contributed by atoms with van der Waals surface area (Å²) in [6.07, 6.45) is 1.49. The van der Waals surface area contributed by atoms with Gasteiger partial charge in [0.2, 0.25) is 0 Å². The van der Waals surface area contributed by atoms with Crippen molar-refractivity contribution in [2.45, 2.75) is 26.0 Å². The van der Waals surface area contributed by atoms with Crippen molar-refractivity contribution in [2.75, 3.05) is 12.8 Å². The Kier molecular flexibility index (Phi) is 2.99. The third-order valence-corrected chi connectivity index (χ3v) is 1.72. The standard InChI is InChI=1S/C9H15N3O3/c1-9(2,14)5-12-4-6(10)7(11-12)8(13)15-3/h4,14H,5,10H2,1-3H3. The first kappa shape index (κ1) is 11.5. The fourth-order valence-corrected chi connectivity index (χ4v) is 1.17. The number of hydrogen-bond donors (Lipinski definition) is 2. The molecule has 0 saturated carbocycles. The molecule has 0 aliphatic heterocycles. The summed E-state index contributed by atoms with van der Waals surface area (Å²) in [5.74, 6) is -0.581. The number of aromatic nitrogens is 2. The minimum atomic E-state index is -0.911. The van der Waals surface area contributed by atoms with Crippen LogP contribution in [0.25, 0.3) is 0 Å². The van der Waals surface area contributed by atoms with E-state index < -0.39 is 11.6 Å². The maximum absolute atomic E-state index is 11.2. The number of methoxy groups -OCH3 is 1. The van der Waals surface area contributed by atoms with Crippen LogP contribution in [0.3, 0.4) is 0 Å². The third kappa shape index (κ3) is 2.95. The van der Waals surface area contributed by atoms with Crippen LogP contribution in [0.4, 0.5) is 5.69 Å². The Labute approximate surface area is 87.6 Å². The molecule has 84 valence electrons. The summed E-state index contributed by atoms with van der Waals surface area (Å²) in [4.78, 5) is 11.2. The van der Waals surface area contributed by atoms with E-state index in [1.807, 2.05) is 0 Å². The van der Waals surface area contributed by atoms with Crippen LogP contribution in [-0.4, -0.2) is 33.6 Å². The lowest BCUT2D eigenvalue weighted by Gasteiger charge is -2.16. The van der Waals surface area contributed by atoms with E-state index in [2.05, 4.69) is 9.84 Å². The van der Waals surface area contributed by atoms with Gasteiger partial charge in [-0.2, -0.15) is 5.10 Å². The molecule has 0 aliphatic rings. The molecule has 6 heteroatoms. The molecule has 0 atom stereocenters. The molecule has 0 fully saturated rings. The van der Waals surface area contributed by atoms with Crippen molar-refractivity contribution >= 4 is 11.7 Å². The minimum Gasteiger partial charge on any atom is -0.464 e. The van der Waals surface area contributed by atoms with Gasteiger partial charge in [-0.1, -0.05) is 0 Å². The minimum absolute atomic E-state index is 0.0711. The van der Waals surface area contributed by atoms with Crippen molar-refractivity contribution in [1.82, 2.24) is 9.78 Å². The summed E-state index contributed by atoms with van der Waals surface area (Å²) < 4.78 is 5.92. The van der Waals surface area contributed by atoms with Gasteiger partial charge in [-0.05, 0) is 13.8 Å². The van der Waals surface area contributed by atoms with Gasteiger partial charge in [0.15, 0.2) is 5.69 Å². The van der Waals surface area contributed by atoms with E-state index in [9.17, 15) is 9.90 Å². The normalized spacial score (nSPS) is 11.5. The lowest BCUT2D eigenvalue weighted by Crippen LogP contribution is -2.26. The van der Waals surface area contributed by atoms with Crippen molar-refractivity contribution in [1.29, 1.82) is 0 Å². The summed E-state index contributed by atoms with van der Waals surface area (Å²) in [5.41, 5.74) is 4.97. The second-order valence-electron chi connectivity index (χ2n) is 3.93. The molecule has 3 N–H and O–H groups in total. The van der Waals surface area contributed by atoms with E-state index in [-0.39, 0.29) is 17.9 Å². The molecule has 15 heavy (non-hydrogen) atoms. The molecule has 0 radical (unpaired) electrons. The SMILES string of the molecule is COC(=O)c1nn(CC(C)(C)O)cc1N. The van der Waals surface area contributed by atoms with Crippen LogP contribution in [0.15, 0.2) is 6.20 Å². The lowest BCUT2D eigenvalue weighted by atomic mass is 10.1. The molecule has 1 aromatic rings. The van der Waals surface area contributed by atoms with Gasteiger partial charge in [-0.3, -0.25) is 4.68 Å². The van der Waals surface area contributed by atoms with Gasteiger partial charge < -0.3 is 15.6 Å². The number of ether oxygens (including phenoxy) is 1. The van der Waals surface area contributed by atoms with Crippen LogP contribution in [0, 0.1) is 0 Å². The summed E-state index contributed by atoms with van der Waals surface area (Å²) in [6, 6.07) is 0. The Morgan fingerprint density at radius 2 is 2.33 bits per heavy atom. The number of anilines is 1. The first-order valence-corrected chi connectivity index (χ1v) is 4.47. The second-order valence-corrected chi connectivity index (χ2v) is 3.93. The maximum Gasteiger partial charge on any atom is 0.360 e. The van der Waals surface area contributed by atoms with Crippen molar-refractivity contribution < 1.29 is 14.6 Å². The number of aliphatic hydroxyl groups is 1. The molecule has 6 nitrogen and oxygen atoms in total. The average molecular weight is 213 g/mol. The molecule has 1 aromatic heterocycles. The van der Waals surface area contributed by atoms with Gasteiger partial charge in [0.05, 0.1) is 24.9 Å². The zero-order valence-electron chi connectivity index (χ0n) is 9.02. The highest BCUT2D eigenvalue weighted by Gasteiger charge is 2.19. The highest BCUT2D eigenvalue weighted by molar-refractivity contribution is 5.92. The second kappa shape index (κ2) is 3.90. The van der Waals surface area contributed by atoms with Crippen LogP contribution < -0.4 is 5.73 Å². The quantitative estimate of drug-likeness (QED) is 0.691. The Bertz CT molecular complexity index is 365. The molecule has 0 aromatic carbocycles. The molecular weight excluding hydrogens is 198 g/mol. The van der Waals surface area contributed by atoms with Gasteiger partial charge in [-0.15, -0.1) is 0 Å². The van der Waals surface area contributed by atoms with Crippen molar-refractivity contribution in [3.8, 4) is 0 Å². The number of rotatable bonds is 3. The van der Waals surface area contributed by atoms with Crippen LogP contribution >= 0.6 is 0 Å². The number of carbonyl (C=O) groups is 1. The number of esters is 1. The monoisotopic (exact) mass is 213 g/mol. The Morgan fingerprint density at radius 3 is 2.80 bits per heavy atom. The summed E-state index contributed by atoms with van der Waals surface area (Å²) >= 11 is 0. The first-order valence-electron chi connectivity index (χ1n) is 4.47. The summed E-state index contributed by atoms with van der Waals surface area (Å²) in [6.45, 7) is 3.54. The fourth-order valence-electron chi connectivity index (χ4n) is 1.17. The molecule has 1 rings (SSSR count). The van der Waals surface area contributed by atoms with E-state index >= 15 is 0 Å². The molecule has 0 spiro atoms. The molecule has 0 bridgehead atoms. The first-order chi connectivity index (χ1) is 6.83. The van der Waals surface area contributed by atoms with E-state index in [1.165, 1.54) is 18.0 Å². The maximum atomic E-state index is 11.2. The summed E-state index contributed by atoms with van der Waals surface area (Å²) in [5, 5.41) is 13.5. The highest BCUT2D eigenvalue weighted by atomic mass is 16.5. The Hall–Kier alpha value is -1.56. The van der Waals surface area contributed by atoms with Crippen LogP contribution in [0.5, 0.6) is 0 Å². The van der Waals surface area contributed by atoms with Crippen LogP contribution in [0.1, 0.15) is 24.3 Å². The average Bonchev–Trinajstić information content (AvgIpc) is 2.42. The summed E-state index contributed by atoms with van der Waals surface area (Å²) in [7, 11) is 1.26. The zero-order chi connectivity index (χ0) is 11.6. The zero-order valence-corrected chi connectivity index (χ0v) is 9.02. The number of nitrogens with two attached hydrogens (primary N) is 1. The molecule has 0 unspecified atom stereocenters. The molecule has 0 aliphatic carbocycles. The number of hydrogen-bond acceptors (Lipinski definition) is 5. The predicted octanol–water partition coefficient (Wildman–Crippen LogP) is 0.0228. The van der Waals surface area contributed by atoms with Crippen LogP contribution in [0.2, 0.25) is 0 Å². The van der Waals surface area contributed by atoms with E-state index in [1.54, 1.807) is 13.8 Å². The predicted molar refractivity (Wildman–Crippen MR) is 54.3 cm³/mol. The molecule has 0 saturated heterocycles. The number of nitrogen functional groups attached to an aromatic ring is 1. The highest BCUT2D eigenvalue weighted by Crippen LogP contribution is 2.13. The lowest BCUT2D eigenvalue weighted by molar-refractivity contribution is 0.0543. The van der Waals surface area contributed by atoms with Gasteiger partial charge in [0.25, 0.3) is 0 Å². The van der Waals surface area contributed by atoms with Crippen molar-refractivity contribution in [2.24, 2.45) is 0 Å². The van der Waals surface area contributed by atoms with Gasteiger partial charge in [-0.25, -0.2) is 4.79 Å². The molecule has 1 heterocycles. The van der Waals surface area contributed by atoms with Crippen LogP contribution in [-0.2, 0) is 11.3 Å². The topological polar surface area (TPSA) is 90.4 Å². The van der Waals surface area contributed by atoms with Gasteiger partial charge >= 0.3 is 5.97 Å². The smallest absolute Gasteiger partial charge is 0.360 e. The Balaban J connectivity index is 2.91. The van der Waals surface area contributed by atoms with E-state index in [0.29, 0.717) is 0 Å². The van der Waals surface area contributed by atoms with E-state index in [0.717, 1.165) is 0 Å².